The van der Waals surface area contributed by atoms with E-state index in [2.05, 4.69) is 0 Å². The molecule has 0 saturated heterocycles. The Kier molecular flexibility index (Phi) is 3.62. The van der Waals surface area contributed by atoms with Gasteiger partial charge < -0.3 is 15.6 Å². The highest BCUT2D eigenvalue weighted by molar-refractivity contribution is 5.74. The van der Waals surface area contributed by atoms with Crippen LogP contribution in [0.3, 0.4) is 0 Å². The van der Waals surface area contributed by atoms with Crippen molar-refractivity contribution in [3.05, 3.63) is 35.9 Å². The van der Waals surface area contributed by atoms with Crippen LogP contribution in [0.4, 0.5) is 0 Å². The zero-order valence-corrected chi connectivity index (χ0v) is 7.88. The Hall–Kier alpha value is -1.39. The van der Waals surface area contributed by atoms with E-state index in [9.17, 15) is 4.79 Å². The number of benzene rings is 1. The highest BCUT2D eigenvalue weighted by atomic mass is 16.5. The third-order valence-electron chi connectivity index (χ3n) is 1.99. The summed E-state index contributed by atoms with van der Waals surface area (Å²) in [4.78, 5) is 10.7. The second-order valence-electron chi connectivity index (χ2n) is 2.93. The minimum atomic E-state index is -1.07. The summed E-state index contributed by atoms with van der Waals surface area (Å²) >= 11 is 0. The van der Waals surface area contributed by atoms with E-state index in [-0.39, 0.29) is 0 Å². The molecular formula is C10H13NO3. The van der Waals surface area contributed by atoms with Gasteiger partial charge in [0.1, 0.15) is 12.1 Å². The minimum absolute atomic E-state index is 0.603. The standard InChI is InChI=1S/C10H13NO3/c1-14-9(8(11)10(12)13)7-5-3-2-4-6-7/h2-6,8-9H,11H2,1H3,(H,12,13)/t8-,9-/m0/s1. The van der Waals surface area contributed by atoms with Crippen molar-refractivity contribution in [2.45, 2.75) is 12.1 Å². The number of carboxylic acids is 1. The van der Waals surface area contributed by atoms with Crippen LogP contribution in [0, 0.1) is 0 Å². The lowest BCUT2D eigenvalue weighted by molar-refractivity contribution is -0.142. The van der Waals surface area contributed by atoms with Crippen molar-refractivity contribution in [3.63, 3.8) is 0 Å². The molecule has 0 amide bonds. The molecule has 0 radical (unpaired) electrons. The fourth-order valence-electron chi connectivity index (χ4n) is 1.26. The first-order valence-electron chi connectivity index (χ1n) is 4.23. The second kappa shape index (κ2) is 4.74. The zero-order chi connectivity index (χ0) is 10.6. The predicted octanol–water partition coefficient (Wildman–Crippen LogP) is 0.786. The molecule has 76 valence electrons. The quantitative estimate of drug-likeness (QED) is 0.744. The number of carboxylic acid groups (broad SMARTS) is 1. The number of ether oxygens (including phenoxy) is 1. The van der Waals surface area contributed by atoms with Crippen molar-refractivity contribution in [1.29, 1.82) is 0 Å². The molecule has 0 fully saturated rings. The van der Waals surface area contributed by atoms with E-state index < -0.39 is 18.1 Å². The predicted molar refractivity (Wildman–Crippen MR) is 51.8 cm³/mol. The topological polar surface area (TPSA) is 72.5 Å². The van der Waals surface area contributed by atoms with Gasteiger partial charge in [0.25, 0.3) is 0 Å². The fourth-order valence-corrected chi connectivity index (χ4v) is 1.26. The molecule has 0 heterocycles. The van der Waals surface area contributed by atoms with E-state index >= 15 is 0 Å². The van der Waals surface area contributed by atoms with Crippen molar-refractivity contribution >= 4 is 5.97 Å². The summed E-state index contributed by atoms with van der Waals surface area (Å²) < 4.78 is 5.05. The molecule has 1 rings (SSSR count). The van der Waals surface area contributed by atoms with Crippen LogP contribution in [-0.2, 0) is 9.53 Å². The maximum Gasteiger partial charge on any atom is 0.323 e. The van der Waals surface area contributed by atoms with Gasteiger partial charge >= 0.3 is 5.97 Å². The van der Waals surface area contributed by atoms with Crippen LogP contribution < -0.4 is 5.73 Å². The van der Waals surface area contributed by atoms with Crippen molar-refractivity contribution in [2.24, 2.45) is 5.73 Å². The number of hydrogen-bond donors (Lipinski definition) is 2. The van der Waals surface area contributed by atoms with Crippen LogP contribution in [0.25, 0.3) is 0 Å². The molecule has 0 aliphatic heterocycles. The molecule has 1 aromatic carbocycles. The summed E-state index contributed by atoms with van der Waals surface area (Å²) in [5.74, 6) is -1.07. The molecule has 3 N–H and O–H groups in total. The number of methoxy groups -OCH3 is 1. The molecule has 0 spiro atoms. The Balaban J connectivity index is 2.87. The monoisotopic (exact) mass is 195 g/mol. The lowest BCUT2D eigenvalue weighted by Crippen LogP contribution is -2.37. The highest BCUT2D eigenvalue weighted by Gasteiger charge is 2.25. The lowest BCUT2D eigenvalue weighted by Gasteiger charge is -2.19. The maximum absolute atomic E-state index is 10.7. The summed E-state index contributed by atoms with van der Waals surface area (Å²) in [6.45, 7) is 0. The maximum atomic E-state index is 10.7. The van der Waals surface area contributed by atoms with E-state index in [1.165, 1.54) is 7.11 Å². The van der Waals surface area contributed by atoms with Crippen LogP contribution in [0.1, 0.15) is 11.7 Å². The molecule has 0 aliphatic rings. The van der Waals surface area contributed by atoms with Gasteiger partial charge in [-0.3, -0.25) is 4.79 Å². The molecule has 1 aromatic rings. The summed E-state index contributed by atoms with van der Waals surface area (Å²) in [6, 6.07) is 8.02. The largest absolute Gasteiger partial charge is 0.480 e. The van der Waals surface area contributed by atoms with Gasteiger partial charge in [-0.25, -0.2) is 0 Å². The van der Waals surface area contributed by atoms with Crippen LogP contribution in [0.5, 0.6) is 0 Å². The minimum Gasteiger partial charge on any atom is -0.480 e. The van der Waals surface area contributed by atoms with Gasteiger partial charge in [-0.1, -0.05) is 30.3 Å². The Bertz CT molecular complexity index is 299. The average molecular weight is 195 g/mol. The molecule has 4 heteroatoms. The summed E-state index contributed by atoms with van der Waals surface area (Å²) in [6.07, 6.45) is -0.603. The molecule has 0 aliphatic carbocycles. The van der Waals surface area contributed by atoms with Gasteiger partial charge in [0, 0.05) is 7.11 Å². The molecule has 0 saturated carbocycles. The van der Waals surface area contributed by atoms with E-state index in [0.717, 1.165) is 5.56 Å². The Morgan fingerprint density at radius 1 is 1.43 bits per heavy atom. The van der Waals surface area contributed by atoms with Crippen molar-refractivity contribution in [2.75, 3.05) is 7.11 Å². The van der Waals surface area contributed by atoms with Crippen molar-refractivity contribution in [1.82, 2.24) is 0 Å². The van der Waals surface area contributed by atoms with Crippen molar-refractivity contribution < 1.29 is 14.6 Å². The van der Waals surface area contributed by atoms with Gasteiger partial charge in [-0.05, 0) is 5.56 Å². The first kappa shape index (κ1) is 10.7. The number of hydrogen-bond acceptors (Lipinski definition) is 3. The Morgan fingerprint density at radius 3 is 2.43 bits per heavy atom. The number of rotatable bonds is 4. The van der Waals surface area contributed by atoms with Gasteiger partial charge in [0.15, 0.2) is 0 Å². The normalized spacial score (nSPS) is 14.7. The number of nitrogens with two attached hydrogens (primary N) is 1. The lowest BCUT2D eigenvalue weighted by atomic mass is 10.0. The van der Waals surface area contributed by atoms with E-state index in [4.69, 9.17) is 15.6 Å². The molecule has 14 heavy (non-hydrogen) atoms. The van der Waals surface area contributed by atoms with Crippen LogP contribution in [-0.4, -0.2) is 24.2 Å². The fraction of sp³-hybridized carbons (Fsp3) is 0.300. The van der Waals surface area contributed by atoms with Crippen molar-refractivity contribution in [3.8, 4) is 0 Å². The third kappa shape index (κ3) is 2.31. The SMILES string of the molecule is CO[C@@H](c1ccccc1)[C@H](N)C(=O)O. The van der Waals surface area contributed by atoms with Gasteiger partial charge in [-0.2, -0.15) is 0 Å². The van der Waals surface area contributed by atoms with E-state index in [0.29, 0.717) is 0 Å². The molecular weight excluding hydrogens is 182 g/mol. The van der Waals surface area contributed by atoms with E-state index in [1.54, 1.807) is 12.1 Å². The smallest absolute Gasteiger partial charge is 0.323 e. The van der Waals surface area contributed by atoms with E-state index in [1.807, 2.05) is 18.2 Å². The highest BCUT2D eigenvalue weighted by Crippen LogP contribution is 2.18. The molecule has 0 unspecified atom stereocenters. The molecule has 4 nitrogen and oxygen atoms in total. The number of carbonyl (C=O) groups is 1. The first-order valence-corrected chi connectivity index (χ1v) is 4.23. The summed E-state index contributed by atoms with van der Waals surface area (Å²) in [5.41, 5.74) is 6.25. The third-order valence-corrected chi connectivity index (χ3v) is 1.99. The average Bonchev–Trinajstić information content (AvgIpc) is 2.20. The van der Waals surface area contributed by atoms with Crippen LogP contribution in [0.15, 0.2) is 30.3 Å². The van der Waals surface area contributed by atoms with Gasteiger partial charge in [-0.15, -0.1) is 0 Å². The summed E-state index contributed by atoms with van der Waals surface area (Å²) in [5, 5.41) is 8.74. The zero-order valence-electron chi connectivity index (χ0n) is 7.88. The summed E-state index contributed by atoms with van der Waals surface area (Å²) in [7, 11) is 1.44. The second-order valence-corrected chi connectivity index (χ2v) is 2.93. The Morgan fingerprint density at radius 2 is 2.00 bits per heavy atom. The molecule has 0 bridgehead atoms. The van der Waals surface area contributed by atoms with Crippen LogP contribution in [0.2, 0.25) is 0 Å². The Labute approximate surface area is 82.3 Å². The molecule has 0 aromatic heterocycles. The molecule has 2 atom stereocenters. The number of aliphatic carboxylic acids is 1. The van der Waals surface area contributed by atoms with Gasteiger partial charge in [0.05, 0.1) is 0 Å². The van der Waals surface area contributed by atoms with Gasteiger partial charge in [0.2, 0.25) is 0 Å². The first-order chi connectivity index (χ1) is 6.66. The van der Waals surface area contributed by atoms with Crippen LogP contribution >= 0.6 is 0 Å².